The summed E-state index contributed by atoms with van der Waals surface area (Å²) in [5, 5.41) is 1.39. The SMILES string of the molecule is CCOP(=O)(OCC)[C@@]1(NC(C)=O)C[C@]1(C)c1ccc(C(F)(F)F)cc1. The van der Waals surface area contributed by atoms with Gasteiger partial charge in [0.2, 0.25) is 5.91 Å². The van der Waals surface area contributed by atoms with Crippen LogP contribution in [0.25, 0.3) is 0 Å². The first-order valence-electron chi connectivity index (χ1n) is 8.31. The summed E-state index contributed by atoms with van der Waals surface area (Å²) in [6.45, 7) is 6.56. The second kappa shape index (κ2) is 6.98. The van der Waals surface area contributed by atoms with Crippen LogP contribution in [0.4, 0.5) is 13.2 Å². The predicted molar refractivity (Wildman–Crippen MR) is 90.8 cm³/mol. The fourth-order valence-corrected chi connectivity index (χ4v) is 6.11. The number of hydrogen-bond donors (Lipinski definition) is 1. The molecule has 0 aromatic heterocycles. The molecule has 1 aliphatic rings. The van der Waals surface area contributed by atoms with Gasteiger partial charge < -0.3 is 14.4 Å². The Morgan fingerprint density at radius 1 is 1.19 bits per heavy atom. The van der Waals surface area contributed by atoms with E-state index in [2.05, 4.69) is 5.32 Å². The third-order valence-electron chi connectivity index (χ3n) is 4.70. The van der Waals surface area contributed by atoms with Crippen molar-refractivity contribution in [1.29, 1.82) is 0 Å². The van der Waals surface area contributed by atoms with Gasteiger partial charge >= 0.3 is 13.8 Å². The van der Waals surface area contributed by atoms with Crippen molar-refractivity contribution < 1.29 is 31.6 Å². The lowest BCUT2D eigenvalue weighted by Gasteiger charge is -2.31. The summed E-state index contributed by atoms with van der Waals surface area (Å²) in [5.41, 5.74) is -1.12. The number of nitrogens with one attached hydrogen (secondary N) is 1. The predicted octanol–water partition coefficient (Wildman–Crippen LogP) is 4.47. The summed E-state index contributed by atoms with van der Waals surface area (Å²) in [6.07, 6.45) is -4.20. The smallest absolute Gasteiger partial charge is 0.339 e. The summed E-state index contributed by atoms with van der Waals surface area (Å²) in [4.78, 5) is 11.8. The Bertz CT molecular complexity index is 712. The van der Waals surface area contributed by atoms with E-state index < -0.39 is 35.9 Å². The van der Waals surface area contributed by atoms with Gasteiger partial charge in [-0.3, -0.25) is 9.36 Å². The topological polar surface area (TPSA) is 64.6 Å². The van der Waals surface area contributed by atoms with E-state index in [4.69, 9.17) is 9.05 Å². The molecule has 0 radical (unpaired) electrons. The highest BCUT2D eigenvalue weighted by molar-refractivity contribution is 7.56. The highest BCUT2D eigenvalue weighted by atomic mass is 31.2. The molecule has 1 fully saturated rings. The van der Waals surface area contributed by atoms with Crippen LogP contribution in [0.3, 0.4) is 0 Å². The first-order chi connectivity index (χ1) is 12.0. The summed E-state index contributed by atoms with van der Waals surface area (Å²) in [5.74, 6) is -0.416. The molecule has 1 aliphatic carbocycles. The molecule has 1 aromatic rings. The molecule has 5 nitrogen and oxygen atoms in total. The molecule has 146 valence electrons. The van der Waals surface area contributed by atoms with Crippen LogP contribution in [0.15, 0.2) is 24.3 Å². The molecule has 0 bridgehead atoms. The van der Waals surface area contributed by atoms with Crippen molar-refractivity contribution in [1.82, 2.24) is 5.32 Å². The van der Waals surface area contributed by atoms with Crippen LogP contribution >= 0.6 is 7.60 Å². The lowest BCUT2D eigenvalue weighted by Crippen LogP contribution is -2.42. The normalized spacial score (nSPS) is 25.8. The number of rotatable bonds is 7. The minimum atomic E-state index is -4.44. The summed E-state index contributed by atoms with van der Waals surface area (Å²) in [7, 11) is -3.75. The largest absolute Gasteiger partial charge is 0.416 e. The zero-order valence-corrected chi connectivity index (χ0v) is 16.0. The minimum Gasteiger partial charge on any atom is -0.339 e. The minimum absolute atomic E-state index is 0.113. The molecule has 0 spiro atoms. The van der Waals surface area contributed by atoms with E-state index in [9.17, 15) is 22.5 Å². The van der Waals surface area contributed by atoms with Gasteiger partial charge in [-0.15, -0.1) is 0 Å². The van der Waals surface area contributed by atoms with Gasteiger partial charge in [0.05, 0.1) is 18.8 Å². The first-order valence-corrected chi connectivity index (χ1v) is 9.86. The molecule has 2 rings (SSSR count). The lowest BCUT2D eigenvalue weighted by atomic mass is 9.96. The number of halogens is 3. The van der Waals surface area contributed by atoms with Crippen molar-refractivity contribution in [3.05, 3.63) is 35.4 Å². The molecule has 0 heterocycles. The second-order valence-electron chi connectivity index (χ2n) is 6.46. The maximum atomic E-state index is 13.4. The van der Waals surface area contributed by atoms with Gasteiger partial charge in [0.15, 0.2) is 5.28 Å². The fourth-order valence-electron chi connectivity index (χ4n) is 3.37. The first kappa shape index (κ1) is 20.9. The fraction of sp³-hybridized carbons (Fsp3) is 0.588. The van der Waals surface area contributed by atoms with Crippen molar-refractivity contribution in [2.75, 3.05) is 13.2 Å². The van der Waals surface area contributed by atoms with Gasteiger partial charge in [-0.25, -0.2) is 0 Å². The van der Waals surface area contributed by atoms with Crippen molar-refractivity contribution >= 4 is 13.5 Å². The van der Waals surface area contributed by atoms with Crippen LogP contribution in [0.1, 0.15) is 45.2 Å². The Kier molecular flexibility index (Phi) is 5.62. The highest BCUT2D eigenvalue weighted by Crippen LogP contribution is 2.78. The number of benzene rings is 1. The molecular weight excluding hydrogens is 370 g/mol. The van der Waals surface area contributed by atoms with E-state index in [0.29, 0.717) is 5.56 Å². The number of carbonyl (C=O) groups is 1. The Balaban J connectivity index is 2.47. The van der Waals surface area contributed by atoms with Crippen LogP contribution in [0.5, 0.6) is 0 Å². The molecule has 0 saturated heterocycles. The molecule has 1 N–H and O–H groups in total. The van der Waals surface area contributed by atoms with Gasteiger partial charge in [-0.2, -0.15) is 13.2 Å². The van der Waals surface area contributed by atoms with E-state index in [1.165, 1.54) is 19.1 Å². The number of alkyl halides is 3. The third kappa shape index (κ3) is 3.42. The van der Waals surface area contributed by atoms with Gasteiger partial charge in [-0.05, 0) is 38.0 Å². The van der Waals surface area contributed by atoms with Crippen LogP contribution in [-0.2, 0) is 30.0 Å². The average Bonchev–Trinajstić information content (AvgIpc) is 3.14. The second-order valence-corrected chi connectivity index (χ2v) is 8.73. The van der Waals surface area contributed by atoms with Gasteiger partial charge in [0.25, 0.3) is 0 Å². The van der Waals surface area contributed by atoms with E-state index in [1.807, 2.05) is 0 Å². The van der Waals surface area contributed by atoms with Crippen LogP contribution in [0, 0.1) is 0 Å². The van der Waals surface area contributed by atoms with Crippen molar-refractivity contribution in [2.45, 2.75) is 51.0 Å². The summed E-state index contributed by atoms with van der Waals surface area (Å²) in [6, 6.07) is 4.64. The Morgan fingerprint density at radius 3 is 2.08 bits per heavy atom. The Labute approximate surface area is 150 Å². The molecule has 1 aromatic carbocycles. The molecule has 1 saturated carbocycles. The Morgan fingerprint density at radius 2 is 1.69 bits per heavy atom. The molecule has 0 aliphatic heterocycles. The van der Waals surface area contributed by atoms with E-state index in [-0.39, 0.29) is 19.6 Å². The maximum Gasteiger partial charge on any atom is 0.416 e. The van der Waals surface area contributed by atoms with Gasteiger partial charge in [0.1, 0.15) is 0 Å². The van der Waals surface area contributed by atoms with Crippen LogP contribution in [-0.4, -0.2) is 24.4 Å². The summed E-state index contributed by atoms with van der Waals surface area (Å²) < 4.78 is 62.7. The van der Waals surface area contributed by atoms with E-state index >= 15 is 0 Å². The van der Waals surface area contributed by atoms with Crippen molar-refractivity contribution in [2.24, 2.45) is 0 Å². The molecular formula is C17H23F3NO4P. The van der Waals surface area contributed by atoms with Crippen molar-refractivity contribution in [3.63, 3.8) is 0 Å². The maximum absolute atomic E-state index is 13.4. The number of hydrogen-bond acceptors (Lipinski definition) is 4. The third-order valence-corrected chi connectivity index (χ3v) is 7.59. The van der Waals surface area contributed by atoms with E-state index in [0.717, 1.165) is 12.1 Å². The van der Waals surface area contributed by atoms with Crippen LogP contribution < -0.4 is 5.32 Å². The molecule has 0 unspecified atom stereocenters. The lowest BCUT2D eigenvalue weighted by molar-refractivity contribution is -0.137. The summed E-state index contributed by atoms with van der Waals surface area (Å²) >= 11 is 0. The Hall–Kier alpha value is -1.37. The highest BCUT2D eigenvalue weighted by Gasteiger charge is 2.77. The molecule has 2 atom stereocenters. The van der Waals surface area contributed by atoms with Crippen molar-refractivity contribution in [3.8, 4) is 0 Å². The molecule has 9 heteroatoms. The monoisotopic (exact) mass is 393 g/mol. The number of amides is 1. The molecule has 1 amide bonds. The standard InChI is InChI=1S/C17H23F3NO4P/c1-5-24-26(23,25-6-2)16(21-12(3)22)11-15(16,4)13-7-9-14(10-8-13)17(18,19)20/h7-10H,5-6,11H2,1-4H3,(H,21,22)/t15-,16+/m1/s1. The van der Waals surface area contributed by atoms with Gasteiger partial charge in [0, 0.05) is 12.3 Å². The molecule has 26 heavy (non-hydrogen) atoms. The zero-order chi connectivity index (χ0) is 19.8. The van der Waals surface area contributed by atoms with Crippen LogP contribution in [0.2, 0.25) is 0 Å². The average molecular weight is 393 g/mol. The zero-order valence-electron chi connectivity index (χ0n) is 15.1. The van der Waals surface area contributed by atoms with Gasteiger partial charge in [-0.1, -0.05) is 19.1 Å². The number of carbonyl (C=O) groups excluding carboxylic acids is 1. The van der Waals surface area contributed by atoms with E-state index in [1.54, 1.807) is 20.8 Å². The quantitative estimate of drug-likeness (QED) is 0.695.